The molecule has 0 amide bonds. The molecule has 4 atom stereocenters. The molecular formula is C48H75O11P. The molecule has 60 heavy (non-hydrogen) atoms. The van der Waals surface area contributed by atoms with Crippen molar-refractivity contribution in [2.45, 2.75) is 141 Å². The highest BCUT2D eigenvalue weighted by Crippen LogP contribution is 2.43. The molecule has 2 unspecified atom stereocenters. The topological polar surface area (TPSA) is 169 Å². The first-order valence-electron chi connectivity index (χ1n) is 21.6. The summed E-state index contributed by atoms with van der Waals surface area (Å²) in [4.78, 5) is 35.0. The summed E-state index contributed by atoms with van der Waals surface area (Å²) in [5.41, 5.74) is 0. The van der Waals surface area contributed by atoms with Gasteiger partial charge in [0.15, 0.2) is 6.10 Å². The van der Waals surface area contributed by atoms with Crippen LogP contribution in [0.5, 0.6) is 0 Å². The summed E-state index contributed by atoms with van der Waals surface area (Å²) in [6, 6.07) is 0. The Labute approximate surface area is 360 Å². The second-order valence-corrected chi connectivity index (χ2v) is 15.3. The van der Waals surface area contributed by atoms with Crippen molar-refractivity contribution in [3.8, 4) is 0 Å². The fraction of sp³-hybridized carbons (Fsp3) is 0.542. The fourth-order valence-corrected chi connectivity index (χ4v) is 5.69. The van der Waals surface area contributed by atoms with Crippen LogP contribution in [0, 0.1) is 0 Å². The summed E-state index contributed by atoms with van der Waals surface area (Å²) in [5.74, 6) is -1.09. The van der Waals surface area contributed by atoms with Gasteiger partial charge in [0.05, 0.1) is 25.9 Å². The summed E-state index contributed by atoms with van der Waals surface area (Å²) in [7, 11) is -4.66. The minimum Gasteiger partial charge on any atom is -0.462 e. The fourth-order valence-electron chi connectivity index (χ4n) is 4.90. The Hall–Kier alpha value is -3.67. The van der Waals surface area contributed by atoms with Gasteiger partial charge >= 0.3 is 19.8 Å². The van der Waals surface area contributed by atoms with Gasteiger partial charge in [-0.3, -0.25) is 18.6 Å². The van der Waals surface area contributed by atoms with Gasteiger partial charge in [-0.2, -0.15) is 0 Å². The van der Waals surface area contributed by atoms with Crippen molar-refractivity contribution in [2.24, 2.45) is 0 Å². The van der Waals surface area contributed by atoms with Gasteiger partial charge in [0.25, 0.3) is 0 Å². The zero-order valence-electron chi connectivity index (χ0n) is 36.2. The number of hydrogen-bond donors (Lipinski definition) is 4. The zero-order chi connectivity index (χ0) is 44.2. The van der Waals surface area contributed by atoms with E-state index in [-0.39, 0.29) is 19.4 Å². The first-order chi connectivity index (χ1) is 29.1. The van der Waals surface area contributed by atoms with E-state index >= 15 is 0 Å². The number of esters is 2. The molecule has 338 valence electrons. The van der Waals surface area contributed by atoms with Crippen LogP contribution in [0.25, 0.3) is 0 Å². The van der Waals surface area contributed by atoms with E-state index in [1.807, 2.05) is 42.5 Å². The maximum atomic E-state index is 12.6. The van der Waals surface area contributed by atoms with Crippen molar-refractivity contribution in [1.82, 2.24) is 0 Å². The average Bonchev–Trinajstić information content (AvgIpc) is 3.23. The van der Waals surface area contributed by atoms with E-state index < -0.39 is 57.9 Å². The number of aliphatic hydroxyl groups is 3. The molecule has 0 aliphatic rings. The Balaban J connectivity index is 4.55. The van der Waals surface area contributed by atoms with Crippen LogP contribution >= 0.6 is 7.82 Å². The van der Waals surface area contributed by atoms with Crippen LogP contribution in [0.15, 0.2) is 122 Å². The minimum absolute atomic E-state index is 0.112. The second-order valence-electron chi connectivity index (χ2n) is 13.8. The summed E-state index contributed by atoms with van der Waals surface area (Å²) < 4.78 is 32.6. The first kappa shape index (κ1) is 56.3. The predicted molar refractivity (Wildman–Crippen MR) is 243 cm³/mol. The standard InChI is InChI=1S/C48H75O11P/c1-3-5-7-9-11-12-13-14-15-16-17-18-19-20-21-22-27-31-35-39-48(53)59-46(43-58-60(54,55)57-41-45(51)40-49)42-56-47(52)38-34-30-26-24-23-25-29-33-37-44(50)36-32-28-10-8-6-4-2/h5-8,11-12,14-15,17-18,20-21,24-26,28-29,32-33,37,44-46,49-51H,3-4,9-10,13,16,19,22-23,27,30-31,34-36,38-43H2,1-2H3,(H,54,55)/b7-5-,8-6-,12-11-,15-14-,18-17-,21-20-,26-24-,29-25-,32-28-,37-33+/t44?,45-,46+/m0/s1. The highest BCUT2D eigenvalue weighted by atomic mass is 31.2. The van der Waals surface area contributed by atoms with Crippen molar-refractivity contribution >= 4 is 19.8 Å². The number of allylic oxidation sites excluding steroid dienone is 18. The number of unbranched alkanes of at least 4 members (excludes halogenated alkanes) is 4. The Morgan fingerprint density at radius 3 is 1.65 bits per heavy atom. The lowest BCUT2D eigenvalue weighted by Gasteiger charge is -2.20. The molecule has 0 spiro atoms. The molecule has 0 aromatic rings. The minimum atomic E-state index is -4.66. The second kappa shape index (κ2) is 42.0. The smallest absolute Gasteiger partial charge is 0.462 e. The molecule has 11 nitrogen and oxygen atoms in total. The number of carbonyl (C=O) groups excluding carboxylic acids is 2. The number of phosphoric ester groups is 1. The maximum Gasteiger partial charge on any atom is 0.472 e. The van der Waals surface area contributed by atoms with E-state index in [1.54, 1.807) is 6.08 Å². The average molecular weight is 859 g/mol. The van der Waals surface area contributed by atoms with Gasteiger partial charge in [0.2, 0.25) is 0 Å². The number of carbonyl (C=O) groups is 2. The van der Waals surface area contributed by atoms with Gasteiger partial charge in [0, 0.05) is 12.8 Å². The van der Waals surface area contributed by atoms with E-state index in [0.29, 0.717) is 32.1 Å². The Kier molecular flexibility index (Phi) is 39.5. The molecule has 0 rings (SSSR count). The van der Waals surface area contributed by atoms with E-state index in [0.717, 1.165) is 64.2 Å². The molecule has 0 fully saturated rings. The molecular weight excluding hydrogens is 783 g/mol. The summed E-state index contributed by atoms with van der Waals surface area (Å²) >= 11 is 0. The number of phosphoric acid groups is 1. The predicted octanol–water partition coefficient (Wildman–Crippen LogP) is 10.5. The number of ether oxygens (including phenoxy) is 2. The molecule has 0 aliphatic heterocycles. The molecule has 0 saturated heterocycles. The summed E-state index contributed by atoms with van der Waals surface area (Å²) in [6.45, 7) is 1.92. The van der Waals surface area contributed by atoms with Crippen molar-refractivity contribution in [2.75, 3.05) is 26.4 Å². The Bertz CT molecular complexity index is 1420. The van der Waals surface area contributed by atoms with E-state index in [2.05, 4.69) is 91.3 Å². The van der Waals surface area contributed by atoms with Gasteiger partial charge < -0.3 is 29.7 Å². The van der Waals surface area contributed by atoms with Crippen LogP contribution < -0.4 is 0 Å². The number of rotatable bonds is 38. The van der Waals surface area contributed by atoms with Crippen LogP contribution in [0.1, 0.15) is 123 Å². The summed E-state index contributed by atoms with van der Waals surface area (Å²) in [6.07, 6.45) is 50.6. The number of hydrogen-bond acceptors (Lipinski definition) is 10. The van der Waals surface area contributed by atoms with Gasteiger partial charge in [0.1, 0.15) is 12.7 Å². The van der Waals surface area contributed by atoms with Crippen molar-refractivity contribution < 1.29 is 52.9 Å². The Morgan fingerprint density at radius 1 is 0.567 bits per heavy atom. The first-order valence-corrected chi connectivity index (χ1v) is 23.1. The lowest BCUT2D eigenvalue weighted by molar-refractivity contribution is -0.161. The van der Waals surface area contributed by atoms with Gasteiger partial charge in [-0.15, -0.1) is 0 Å². The highest BCUT2D eigenvalue weighted by Gasteiger charge is 2.27. The SMILES string of the molecule is CC/C=C\C/C=C\C/C=C\C/C=C\C/C=C\CCCCCC(=O)O[C@H](COC(=O)CCC/C=C\C/C=C\C=C\C(O)C/C=C\C/C=C\CC)COP(=O)(O)OC[C@@H](O)CO. The third-order valence-corrected chi connectivity index (χ3v) is 9.14. The van der Waals surface area contributed by atoms with Crippen molar-refractivity contribution in [3.05, 3.63) is 122 Å². The van der Waals surface area contributed by atoms with E-state index in [9.17, 15) is 29.3 Å². The van der Waals surface area contributed by atoms with Gasteiger partial charge in [-0.25, -0.2) is 4.57 Å². The Morgan fingerprint density at radius 2 is 1.07 bits per heavy atom. The van der Waals surface area contributed by atoms with Gasteiger partial charge in [-0.1, -0.05) is 142 Å². The molecule has 0 aliphatic carbocycles. The van der Waals surface area contributed by atoms with E-state index in [4.69, 9.17) is 19.1 Å². The molecule has 0 aromatic carbocycles. The van der Waals surface area contributed by atoms with Crippen LogP contribution in [-0.2, 0) is 32.7 Å². The lowest BCUT2D eigenvalue weighted by Crippen LogP contribution is -2.29. The van der Waals surface area contributed by atoms with Crippen LogP contribution in [0.2, 0.25) is 0 Å². The lowest BCUT2D eigenvalue weighted by atomic mass is 10.1. The normalized spacial score (nSPS) is 15.5. The third kappa shape index (κ3) is 41.1. The van der Waals surface area contributed by atoms with Crippen LogP contribution in [0.3, 0.4) is 0 Å². The quantitative estimate of drug-likeness (QED) is 0.0153. The third-order valence-electron chi connectivity index (χ3n) is 8.19. The van der Waals surface area contributed by atoms with E-state index in [1.165, 1.54) is 0 Å². The highest BCUT2D eigenvalue weighted by molar-refractivity contribution is 7.47. The number of aliphatic hydroxyl groups excluding tert-OH is 3. The molecule has 0 saturated carbocycles. The van der Waals surface area contributed by atoms with Gasteiger partial charge in [-0.05, 0) is 89.9 Å². The molecule has 0 aromatic heterocycles. The summed E-state index contributed by atoms with van der Waals surface area (Å²) in [5, 5.41) is 28.3. The molecule has 0 bridgehead atoms. The van der Waals surface area contributed by atoms with Crippen LogP contribution in [-0.4, -0.2) is 76.9 Å². The molecule has 0 radical (unpaired) electrons. The largest absolute Gasteiger partial charge is 0.472 e. The molecule has 12 heteroatoms. The monoisotopic (exact) mass is 859 g/mol. The maximum absolute atomic E-state index is 12.6. The van der Waals surface area contributed by atoms with Crippen LogP contribution in [0.4, 0.5) is 0 Å². The molecule has 0 heterocycles. The molecule has 4 N–H and O–H groups in total. The van der Waals surface area contributed by atoms with Crippen molar-refractivity contribution in [1.29, 1.82) is 0 Å². The van der Waals surface area contributed by atoms with Crippen molar-refractivity contribution in [3.63, 3.8) is 0 Å². The zero-order valence-corrected chi connectivity index (χ0v) is 37.1.